The van der Waals surface area contributed by atoms with Crippen molar-refractivity contribution >= 4 is 117 Å². The van der Waals surface area contributed by atoms with Gasteiger partial charge in [-0.05, 0) is 0 Å². The van der Waals surface area contributed by atoms with Gasteiger partial charge in [-0.2, -0.15) is 0 Å². The second-order valence-corrected chi connectivity index (χ2v) is 6.68. The third-order valence-corrected chi connectivity index (χ3v) is 0. The largest absolute Gasteiger partial charge is 3.00 e. The summed E-state index contributed by atoms with van der Waals surface area (Å²) in [6, 6.07) is 0. The second-order valence-electron chi connectivity index (χ2n) is 0.247. The molecule has 9 heavy (non-hydrogen) atoms. The predicted octanol–water partition coefficient (Wildman–Crippen LogP) is 0.919. The number of hydrogen-bond acceptors (Lipinski definition) is 0. The molecule has 0 spiro atoms. The quantitative estimate of drug-likeness (QED) is 0.580. The monoisotopic (exact) mass is 282 g/mol. The van der Waals surface area contributed by atoms with Gasteiger partial charge in [0.1, 0.15) is 0 Å². The molecule has 0 aromatic rings. The van der Waals surface area contributed by atoms with Crippen LogP contribution in [-0.2, 0) is 40.5 Å². The van der Waals surface area contributed by atoms with E-state index in [9.17, 15) is 0 Å². The number of halogens is 3. The first kappa shape index (κ1) is 39.1. The van der Waals surface area contributed by atoms with Crippen LogP contribution in [0.25, 0.3) is 0 Å². The Labute approximate surface area is 115 Å². The smallest absolute Gasteiger partial charge is 2.00 e. The molecule has 0 aromatic carbocycles. The van der Waals surface area contributed by atoms with E-state index in [4.69, 9.17) is 30.1 Å². The molecule has 48 valence electrons. The molecule has 0 N–H and O–H groups in total. The van der Waals surface area contributed by atoms with Crippen LogP contribution in [0.4, 0.5) is 0 Å². The van der Waals surface area contributed by atoms with E-state index in [-0.39, 0.29) is 75.2 Å². The van der Waals surface area contributed by atoms with Crippen molar-refractivity contribution in [1.82, 2.24) is 0 Å². The molecule has 0 nitrogen and oxygen atoms in total. The summed E-state index contributed by atoms with van der Waals surface area (Å²) in [4.78, 5) is 0. The van der Waals surface area contributed by atoms with Crippen LogP contribution in [-0.4, -0.2) is 46.1 Å². The standard InChI is InChI=1S/3Al.3ClH.3S/h;;;3*1H;;;/q3*+3;;;;3*-2/p-3. The van der Waals surface area contributed by atoms with Gasteiger partial charge >= 0.3 is 46.1 Å². The van der Waals surface area contributed by atoms with E-state index < -0.39 is 11.4 Å². The van der Waals surface area contributed by atoms with E-state index in [0.717, 1.165) is 0 Å². The van der Waals surface area contributed by atoms with E-state index in [1.807, 2.05) is 0 Å². The van der Waals surface area contributed by atoms with Gasteiger partial charge in [-0.15, -0.1) is 0 Å². The first-order valence-corrected chi connectivity index (χ1v) is 5.89. The van der Waals surface area contributed by atoms with E-state index in [0.29, 0.717) is 0 Å². The molecule has 0 atom stereocenters. The van der Waals surface area contributed by atoms with E-state index in [1.165, 1.54) is 0 Å². The van der Waals surface area contributed by atoms with Crippen molar-refractivity contribution in [2.75, 3.05) is 0 Å². The van der Waals surface area contributed by atoms with Gasteiger partial charge in [0.15, 0.2) is 0 Å². The van der Waals surface area contributed by atoms with Crippen LogP contribution in [0.5, 0.6) is 0 Å². The van der Waals surface area contributed by atoms with Crippen molar-refractivity contribution in [3.63, 3.8) is 0 Å². The Balaban J connectivity index is -0.00000000450. The maximum atomic E-state index is 4.94. The van der Waals surface area contributed by atoms with Crippen LogP contribution in [0.2, 0.25) is 0 Å². The van der Waals surface area contributed by atoms with Crippen molar-refractivity contribution < 1.29 is 0 Å². The predicted molar refractivity (Wildman–Crippen MR) is 56.9 cm³/mol. The molecule has 0 aliphatic rings. The average Bonchev–Trinajstić information content (AvgIpc) is 0.811. The zero-order valence-corrected chi connectivity index (χ0v) is 12.3. The molecule has 0 radical (unpaired) electrons. The second kappa shape index (κ2) is 30.0. The maximum absolute atomic E-state index is 4.94. The molecule has 0 amide bonds. The fourth-order valence-corrected chi connectivity index (χ4v) is 0. The summed E-state index contributed by atoms with van der Waals surface area (Å²) < 4.78 is 0. The van der Waals surface area contributed by atoms with Gasteiger partial charge in [0.25, 0.3) is 0 Å². The van der Waals surface area contributed by atoms with Crippen molar-refractivity contribution in [3.8, 4) is 0 Å². The van der Waals surface area contributed by atoms with Gasteiger partial charge in [0.05, 0.1) is 0 Å². The molecule has 0 saturated carbocycles. The third kappa shape index (κ3) is 84.3. The topological polar surface area (TPSA) is 0 Å². The molecule has 0 aliphatic carbocycles. The van der Waals surface area contributed by atoms with E-state index in [2.05, 4.69) is 0 Å². The minimum Gasteiger partial charge on any atom is -2.00 e. The SMILES string of the molecule is [Al+3].[Al+3].[Cl][Al]([Cl])[Cl].[S-2].[S-2].[S-2]. The van der Waals surface area contributed by atoms with Gasteiger partial charge < -0.3 is 40.5 Å². The maximum Gasteiger partial charge on any atom is 3.00 e. The van der Waals surface area contributed by atoms with E-state index in [1.54, 1.807) is 0 Å². The van der Waals surface area contributed by atoms with Crippen molar-refractivity contribution in [2.45, 2.75) is 0 Å². The molecule has 0 aromatic heterocycles. The van der Waals surface area contributed by atoms with E-state index >= 15 is 0 Å². The van der Waals surface area contributed by atoms with Crippen LogP contribution in [0, 0.1) is 0 Å². The Morgan fingerprint density at radius 2 is 0.667 bits per heavy atom. The Bertz CT molecular complexity index is 19.0. The summed E-state index contributed by atoms with van der Waals surface area (Å²) in [6.45, 7) is 0. The average molecular weight is 284 g/mol. The molecular formula is Al3Cl3S3. The molecular weight excluding hydrogens is 284 g/mol. The Kier molecular flexibility index (Phi) is 130. The van der Waals surface area contributed by atoms with Crippen LogP contribution in [0.3, 0.4) is 0 Å². The fraction of sp³-hybridized carbons (Fsp3) is 0. The first-order valence-electron chi connectivity index (χ1n) is 0.655. The normalized spacial score (nSPS) is 3.00. The van der Waals surface area contributed by atoms with Gasteiger partial charge in [0, 0.05) is 0 Å². The van der Waals surface area contributed by atoms with Crippen LogP contribution in [0.15, 0.2) is 0 Å². The zero-order valence-electron chi connectivity index (χ0n) is 4.09. The summed E-state index contributed by atoms with van der Waals surface area (Å²) in [7, 11) is 14.8. The van der Waals surface area contributed by atoms with Gasteiger partial charge in [0.2, 0.25) is 0 Å². The molecule has 0 bridgehead atoms. The fourth-order valence-electron chi connectivity index (χ4n) is 0. The minimum absolute atomic E-state index is 0. The van der Waals surface area contributed by atoms with Gasteiger partial charge in [-0.25, -0.2) is 30.1 Å². The molecule has 0 rings (SSSR count). The van der Waals surface area contributed by atoms with Gasteiger partial charge in [-0.1, -0.05) is 0 Å². The summed E-state index contributed by atoms with van der Waals surface area (Å²) in [5, 5.41) is 0. The van der Waals surface area contributed by atoms with Crippen LogP contribution < -0.4 is 0 Å². The number of rotatable bonds is 0. The molecule has 0 aliphatic heterocycles. The van der Waals surface area contributed by atoms with Crippen molar-refractivity contribution in [3.05, 3.63) is 0 Å². The molecule has 9 heteroatoms. The summed E-state index contributed by atoms with van der Waals surface area (Å²) in [6.07, 6.45) is 0. The Morgan fingerprint density at radius 1 is 0.667 bits per heavy atom. The molecule has 0 unspecified atom stereocenters. The first-order chi connectivity index (χ1) is 1.73. The van der Waals surface area contributed by atoms with Crippen LogP contribution in [0.1, 0.15) is 0 Å². The molecule has 0 heterocycles. The summed E-state index contributed by atoms with van der Waals surface area (Å²) in [5.41, 5.74) is 0. The summed E-state index contributed by atoms with van der Waals surface area (Å²) >= 11 is -1.72. The van der Waals surface area contributed by atoms with Gasteiger partial charge in [-0.3, -0.25) is 0 Å². The summed E-state index contributed by atoms with van der Waals surface area (Å²) in [5.74, 6) is 0. The zero-order chi connectivity index (χ0) is 3.58. The van der Waals surface area contributed by atoms with Crippen molar-refractivity contribution in [2.24, 2.45) is 0 Å². The Hall–Kier alpha value is 3.52. The van der Waals surface area contributed by atoms with Crippen LogP contribution >= 0.6 is 30.1 Å². The number of hydrogen-bond donors (Lipinski definition) is 0. The molecule has 0 fully saturated rings. The third-order valence-electron chi connectivity index (χ3n) is 0. The Morgan fingerprint density at radius 3 is 0.667 bits per heavy atom. The minimum atomic E-state index is -1.72. The van der Waals surface area contributed by atoms with Crippen molar-refractivity contribution in [1.29, 1.82) is 0 Å². The molecule has 0 saturated heterocycles.